The van der Waals surface area contributed by atoms with Crippen molar-refractivity contribution in [2.45, 2.75) is 38.8 Å². The minimum absolute atomic E-state index is 0.201. The Morgan fingerprint density at radius 2 is 1.11 bits per heavy atom. The standard InChI is InChI=1S/C32H34NO3P/c1-32(2,3)36-25-30(33-31(34)35-24-26-16-8-4-9-17-26)37(27-18-10-5-11-19-27,28-20-12-6-13-21-28)29-22-14-7-15-23-29/h4-23,30H,24-25H2,1-3H3/p+1. The van der Waals surface area contributed by atoms with Gasteiger partial charge in [0.15, 0.2) is 5.78 Å². The van der Waals surface area contributed by atoms with E-state index in [2.05, 4.69) is 78.1 Å². The van der Waals surface area contributed by atoms with Crippen LogP contribution in [-0.2, 0) is 16.1 Å². The normalized spacial score (nSPS) is 12.5. The predicted molar refractivity (Wildman–Crippen MR) is 154 cm³/mol. The zero-order chi connectivity index (χ0) is 26.1. The Balaban J connectivity index is 1.82. The van der Waals surface area contributed by atoms with Crippen molar-refractivity contribution in [3.63, 3.8) is 0 Å². The molecule has 4 aromatic carbocycles. The summed E-state index contributed by atoms with van der Waals surface area (Å²) in [6.45, 7) is 6.63. The van der Waals surface area contributed by atoms with Crippen LogP contribution >= 0.6 is 7.26 Å². The van der Waals surface area contributed by atoms with Gasteiger partial charge in [0.1, 0.15) is 36.4 Å². The summed E-state index contributed by atoms with van der Waals surface area (Å²) in [5.41, 5.74) is 0.559. The van der Waals surface area contributed by atoms with Gasteiger partial charge in [-0.3, -0.25) is 5.32 Å². The highest BCUT2D eigenvalue weighted by Gasteiger charge is 2.54. The highest BCUT2D eigenvalue weighted by atomic mass is 31.2. The van der Waals surface area contributed by atoms with Crippen LogP contribution in [0.25, 0.3) is 0 Å². The quantitative estimate of drug-likeness (QED) is 0.278. The Kier molecular flexibility index (Phi) is 8.76. The van der Waals surface area contributed by atoms with Crippen molar-refractivity contribution in [1.82, 2.24) is 5.32 Å². The lowest BCUT2D eigenvalue weighted by molar-refractivity contribution is -0.00544. The van der Waals surface area contributed by atoms with Crippen LogP contribution in [0.3, 0.4) is 0 Å². The molecule has 0 aromatic heterocycles. The van der Waals surface area contributed by atoms with Crippen LogP contribution in [-0.4, -0.2) is 24.1 Å². The maximum absolute atomic E-state index is 13.3. The number of benzene rings is 4. The largest absolute Gasteiger partial charge is 0.445 e. The van der Waals surface area contributed by atoms with E-state index in [1.54, 1.807) is 0 Å². The van der Waals surface area contributed by atoms with Crippen molar-refractivity contribution in [3.8, 4) is 0 Å². The fourth-order valence-electron chi connectivity index (χ4n) is 4.46. The molecule has 37 heavy (non-hydrogen) atoms. The SMILES string of the molecule is CC(C)(C)OCC(NC(=O)OCc1ccccc1)[P+](c1ccccc1)(c1ccccc1)c1ccccc1. The number of ether oxygens (including phenoxy) is 2. The van der Waals surface area contributed by atoms with Crippen LogP contribution in [0.4, 0.5) is 4.79 Å². The summed E-state index contributed by atoms with van der Waals surface area (Å²) in [6, 6.07) is 41.1. The zero-order valence-electron chi connectivity index (χ0n) is 21.7. The molecule has 1 unspecified atom stereocenters. The molecule has 1 amide bonds. The van der Waals surface area contributed by atoms with E-state index < -0.39 is 13.4 Å². The van der Waals surface area contributed by atoms with Gasteiger partial charge in [-0.05, 0) is 62.7 Å². The average molecular weight is 513 g/mol. The van der Waals surface area contributed by atoms with Gasteiger partial charge < -0.3 is 9.47 Å². The van der Waals surface area contributed by atoms with Crippen LogP contribution in [0.2, 0.25) is 0 Å². The van der Waals surface area contributed by atoms with E-state index >= 15 is 0 Å². The second kappa shape index (κ2) is 12.2. The summed E-state index contributed by atoms with van der Waals surface area (Å²) in [4.78, 5) is 13.3. The summed E-state index contributed by atoms with van der Waals surface area (Å²) in [6.07, 6.45) is -0.460. The van der Waals surface area contributed by atoms with Crippen LogP contribution in [0, 0.1) is 0 Å². The molecule has 0 saturated heterocycles. The van der Waals surface area contributed by atoms with E-state index in [1.165, 1.54) is 15.9 Å². The van der Waals surface area contributed by atoms with E-state index in [0.29, 0.717) is 6.61 Å². The highest BCUT2D eigenvalue weighted by Crippen LogP contribution is 2.59. The van der Waals surface area contributed by atoms with Gasteiger partial charge in [-0.1, -0.05) is 84.9 Å². The van der Waals surface area contributed by atoms with Crippen molar-refractivity contribution in [2.24, 2.45) is 0 Å². The van der Waals surface area contributed by atoms with Crippen molar-refractivity contribution >= 4 is 29.3 Å². The molecule has 0 bridgehead atoms. The number of carbonyl (C=O) groups excluding carboxylic acids is 1. The summed E-state index contributed by atoms with van der Waals surface area (Å²) in [5, 5.41) is 6.75. The van der Waals surface area contributed by atoms with Crippen molar-refractivity contribution < 1.29 is 14.3 Å². The van der Waals surface area contributed by atoms with Gasteiger partial charge in [0, 0.05) is 0 Å². The number of rotatable bonds is 9. The number of nitrogens with one attached hydrogen (secondary N) is 1. The summed E-state index contributed by atoms with van der Waals surface area (Å²) in [7, 11) is -2.44. The topological polar surface area (TPSA) is 47.6 Å². The molecule has 0 fully saturated rings. The molecular weight excluding hydrogens is 477 g/mol. The second-order valence-corrected chi connectivity index (χ2v) is 13.5. The van der Waals surface area contributed by atoms with Gasteiger partial charge in [0.25, 0.3) is 0 Å². The lowest BCUT2D eigenvalue weighted by atomic mass is 10.2. The molecule has 0 aliphatic carbocycles. The van der Waals surface area contributed by atoms with E-state index in [9.17, 15) is 4.79 Å². The Morgan fingerprint density at radius 1 is 0.703 bits per heavy atom. The fraction of sp³-hybridized carbons (Fsp3) is 0.219. The molecular formula is C32H35NO3P+. The van der Waals surface area contributed by atoms with E-state index in [1.807, 2.05) is 69.3 Å². The Labute approximate surface area is 221 Å². The predicted octanol–water partition coefficient (Wildman–Crippen LogP) is 6.05. The Hall–Kier alpha value is -3.46. The minimum Gasteiger partial charge on any atom is -0.445 e. The number of hydrogen-bond acceptors (Lipinski definition) is 3. The van der Waals surface area contributed by atoms with Crippen molar-refractivity contribution in [3.05, 3.63) is 127 Å². The molecule has 1 atom stereocenters. The minimum atomic E-state index is -2.44. The van der Waals surface area contributed by atoms with Crippen LogP contribution in [0.15, 0.2) is 121 Å². The molecule has 0 saturated carbocycles. The number of carbonyl (C=O) groups is 1. The Morgan fingerprint density at radius 3 is 1.51 bits per heavy atom. The number of alkyl carbamates (subject to hydrolysis) is 1. The molecule has 1 N–H and O–H groups in total. The first kappa shape index (κ1) is 26.6. The van der Waals surface area contributed by atoms with Crippen LogP contribution in [0.5, 0.6) is 0 Å². The molecule has 190 valence electrons. The van der Waals surface area contributed by atoms with Gasteiger partial charge in [-0.25, -0.2) is 4.79 Å². The third-order valence-electron chi connectivity index (χ3n) is 6.13. The molecule has 5 heteroatoms. The van der Waals surface area contributed by atoms with E-state index in [4.69, 9.17) is 9.47 Å². The maximum Gasteiger partial charge on any atom is 0.410 e. The van der Waals surface area contributed by atoms with Gasteiger partial charge in [0.2, 0.25) is 0 Å². The third kappa shape index (κ3) is 6.65. The summed E-state index contributed by atoms with van der Waals surface area (Å²) < 4.78 is 12.1. The second-order valence-electron chi connectivity index (χ2n) is 9.87. The lowest BCUT2D eigenvalue weighted by Gasteiger charge is -2.36. The van der Waals surface area contributed by atoms with Gasteiger partial charge >= 0.3 is 6.09 Å². The summed E-state index contributed by atoms with van der Waals surface area (Å²) in [5.74, 6) is -0.359. The molecule has 0 heterocycles. The molecule has 0 aliphatic rings. The first-order valence-electron chi connectivity index (χ1n) is 12.6. The lowest BCUT2D eigenvalue weighted by Crippen LogP contribution is -2.50. The first-order chi connectivity index (χ1) is 17.9. The van der Waals surface area contributed by atoms with Gasteiger partial charge in [-0.2, -0.15) is 0 Å². The monoisotopic (exact) mass is 512 g/mol. The third-order valence-corrected chi connectivity index (χ3v) is 10.7. The zero-order valence-corrected chi connectivity index (χ0v) is 22.6. The summed E-state index contributed by atoms with van der Waals surface area (Å²) >= 11 is 0. The van der Waals surface area contributed by atoms with E-state index in [0.717, 1.165) is 5.56 Å². The molecule has 0 spiro atoms. The molecule has 4 aromatic rings. The number of amides is 1. The number of hydrogen-bond donors (Lipinski definition) is 1. The van der Waals surface area contributed by atoms with Gasteiger partial charge in [0.05, 0.1) is 5.60 Å². The molecule has 4 rings (SSSR count). The molecule has 0 radical (unpaired) electrons. The smallest absolute Gasteiger partial charge is 0.410 e. The van der Waals surface area contributed by atoms with Crippen LogP contribution in [0.1, 0.15) is 26.3 Å². The van der Waals surface area contributed by atoms with Crippen LogP contribution < -0.4 is 21.2 Å². The molecule has 4 nitrogen and oxygen atoms in total. The van der Waals surface area contributed by atoms with E-state index in [-0.39, 0.29) is 18.0 Å². The average Bonchev–Trinajstić information content (AvgIpc) is 2.93. The van der Waals surface area contributed by atoms with Gasteiger partial charge in [-0.15, -0.1) is 0 Å². The van der Waals surface area contributed by atoms with Crippen molar-refractivity contribution in [1.29, 1.82) is 0 Å². The fourth-order valence-corrected chi connectivity index (χ4v) is 8.96. The molecule has 0 aliphatic heterocycles. The highest BCUT2D eigenvalue weighted by molar-refractivity contribution is 7.96. The van der Waals surface area contributed by atoms with Crippen molar-refractivity contribution in [2.75, 3.05) is 6.61 Å². The first-order valence-corrected chi connectivity index (χ1v) is 14.4. The maximum atomic E-state index is 13.3. The Bertz CT molecular complexity index is 1150.